The molecule has 2 aliphatic rings. The zero-order valence-electron chi connectivity index (χ0n) is 11.9. The van der Waals surface area contributed by atoms with Gasteiger partial charge in [0.05, 0.1) is 0 Å². The van der Waals surface area contributed by atoms with Crippen LogP contribution in [0.4, 0.5) is 0 Å². The Labute approximate surface area is 107 Å². The molecule has 2 rings (SSSR count). The zero-order valence-corrected chi connectivity index (χ0v) is 11.9. The Morgan fingerprint density at radius 1 is 1.12 bits per heavy atom. The Morgan fingerprint density at radius 2 is 1.82 bits per heavy atom. The van der Waals surface area contributed by atoms with Crippen molar-refractivity contribution in [1.82, 2.24) is 0 Å². The van der Waals surface area contributed by atoms with Gasteiger partial charge in [-0.15, -0.1) is 0 Å². The molecule has 4 unspecified atom stereocenters. The van der Waals surface area contributed by atoms with Crippen LogP contribution in [0, 0.1) is 23.2 Å². The van der Waals surface area contributed by atoms with E-state index in [1.807, 2.05) is 0 Å². The van der Waals surface area contributed by atoms with Crippen molar-refractivity contribution in [2.75, 3.05) is 0 Å². The summed E-state index contributed by atoms with van der Waals surface area (Å²) in [7, 11) is 0. The minimum atomic E-state index is 0.394. The third kappa shape index (κ3) is 2.23. The van der Waals surface area contributed by atoms with Crippen LogP contribution >= 0.6 is 0 Å². The van der Waals surface area contributed by atoms with Crippen LogP contribution in [-0.4, -0.2) is 0 Å². The van der Waals surface area contributed by atoms with E-state index in [0.29, 0.717) is 5.41 Å². The highest BCUT2D eigenvalue weighted by atomic mass is 14.5. The van der Waals surface area contributed by atoms with Crippen LogP contribution in [-0.2, 0) is 0 Å². The number of hydrogen-bond acceptors (Lipinski definition) is 0. The minimum Gasteiger partial charge on any atom is -0.0999 e. The third-order valence-electron chi connectivity index (χ3n) is 5.75. The molecule has 2 fully saturated rings. The number of allylic oxidation sites excluding steroid dienone is 2. The molecule has 0 N–H and O–H groups in total. The predicted molar refractivity (Wildman–Crippen MR) is 75.9 cm³/mol. The van der Waals surface area contributed by atoms with Crippen molar-refractivity contribution < 1.29 is 0 Å². The second kappa shape index (κ2) is 4.63. The van der Waals surface area contributed by atoms with E-state index in [-0.39, 0.29) is 0 Å². The van der Waals surface area contributed by atoms with Gasteiger partial charge in [0.25, 0.3) is 0 Å². The number of hydrogen-bond donors (Lipinski definition) is 0. The largest absolute Gasteiger partial charge is 0.0999 e. The summed E-state index contributed by atoms with van der Waals surface area (Å²) in [5, 5.41) is 0. The maximum absolute atomic E-state index is 4.30. The van der Waals surface area contributed by atoms with Gasteiger partial charge in [0.15, 0.2) is 0 Å². The van der Waals surface area contributed by atoms with E-state index >= 15 is 0 Å². The molecule has 0 aromatic heterocycles. The molecule has 0 heteroatoms. The lowest BCUT2D eigenvalue weighted by Crippen LogP contribution is -2.29. The summed E-state index contributed by atoms with van der Waals surface area (Å²) in [6.07, 6.45) is 8.34. The van der Waals surface area contributed by atoms with Crippen molar-refractivity contribution >= 4 is 0 Å². The van der Waals surface area contributed by atoms with Crippen molar-refractivity contribution in [3.63, 3.8) is 0 Å². The number of rotatable bonds is 2. The van der Waals surface area contributed by atoms with E-state index in [0.717, 1.165) is 17.8 Å². The standard InChI is InChI=1S/C17H28/c1-12(2)14-9-10-17(5,13(3)4)16-8-6-7-15(16)11-14/h14-16H,1,3,6-11H2,2,4-5H3. The lowest BCUT2D eigenvalue weighted by Gasteiger charge is -2.38. The van der Waals surface area contributed by atoms with Crippen LogP contribution in [0.5, 0.6) is 0 Å². The molecule has 4 atom stereocenters. The Morgan fingerprint density at radius 3 is 2.41 bits per heavy atom. The summed E-state index contributed by atoms with van der Waals surface area (Å²) < 4.78 is 0. The predicted octanol–water partition coefficient (Wildman–Crippen LogP) is 5.36. The van der Waals surface area contributed by atoms with E-state index in [1.165, 1.54) is 49.7 Å². The topological polar surface area (TPSA) is 0 Å². The lowest BCUT2D eigenvalue weighted by molar-refractivity contribution is 0.185. The molecule has 0 spiro atoms. The fourth-order valence-corrected chi connectivity index (χ4v) is 4.28. The maximum Gasteiger partial charge on any atom is -0.00907 e. The molecule has 0 bridgehead atoms. The monoisotopic (exact) mass is 232 g/mol. The first kappa shape index (κ1) is 12.9. The Kier molecular flexibility index (Phi) is 3.52. The van der Waals surface area contributed by atoms with Crippen molar-refractivity contribution in [2.24, 2.45) is 23.2 Å². The van der Waals surface area contributed by atoms with Crippen molar-refractivity contribution in [3.8, 4) is 0 Å². The second-order valence-electron chi connectivity index (χ2n) is 6.81. The van der Waals surface area contributed by atoms with Gasteiger partial charge in [0, 0.05) is 0 Å². The van der Waals surface area contributed by atoms with Gasteiger partial charge in [-0.25, -0.2) is 0 Å². The van der Waals surface area contributed by atoms with E-state index in [2.05, 4.69) is 33.9 Å². The van der Waals surface area contributed by atoms with Crippen molar-refractivity contribution in [2.45, 2.75) is 59.3 Å². The maximum atomic E-state index is 4.30. The van der Waals surface area contributed by atoms with E-state index in [1.54, 1.807) is 0 Å². The van der Waals surface area contributed by atoms with Gasteiger partial charge in [0.1, 0.15) is 0 Å². The lowest BCUT2D eigenvalue weighted by atomic mass is 9.67. The van der Waals surface area contributed by atoms with Gasteiger partial charge in [-0.3, -0.25) is 0 Å². The Balaban J connectivity index is 2.26. The summed E-state index contributed by atoms with van der Waals surface area (Å²) in [5.74, 6) is 2.59. The van der Waals surface area contributed by atoms with Gasteiger partial charge in [-0.1, -0.05) is 44.1 Å². The van der Waals surface area contributed by atoms with Gasteiger partial charge >= 0.3 is 0 Å². The fraction of sp³-hybridized carbons (Fsp3) is 0.765. The first-order valence-electron chi connectivity index (χ1n) is 7.26. The smallest absolute Gasteiger partial charge is 0.00907 e. The normalized spacial score (nSPS) is 41.7. The first-order valence-corrected chi connectivity index (χ1v) is 7.26. The fourth-order valence-electron chi connectivity index (χ4n) is 4.28. The van der Waals surface area contributed by atoms with Gasteiger partial charge in [0.2, 0.25) is 0 Å². The molecule has 0 saturated heterocycles. The molecule has 0 heterocycles. The summed E-state index contributed by atoms with van der Waals surface area (Å²) in [6, 6.07) is 0. The Hall–Kier alpha value is -0.520. The summed E-state index contributed by atoms with van der Waals surface area (Å²) >= 11 is 0. The van der Waals surface area contributed by atoms with E-state index < -0.39 is 0 Å². The third-order valence-corrected chi connectivity index (χ3v) is 5.75. The van der Waals surface area contributed by atoms with Crippen LogP contribution in [0.1, 0.15) is 59.3 Å². The van der Waals surface area contributed by atoms with Crippen LogP contribution in [0.3, 0.4) is 0 Å². The highest BCUT2D eigenvalue weighted by Gasteiger charge is 2.45. The molecule has 2 aliphatic carbocycles. The van der Waals surface area contributed by atoms with Gasteiger partial charge in [-0.05, 0) is 62.7 Å². The van der Waals surface area contributed by atoms with Crippen LogP contribution in [0.2, 0.25) is 0 Å². The average molecular weight is 232 g/mol. The molecule has 96 valence electrons. The molecule has 0 radical (unpaired) electrons. The molecule has 0 nitrogen and oxygen atoms in total. The molecular weight excluding hydrogens is 204 g/mol. The molecule has 0 aromatic rings. The average Bonchev–Trinajstić information content (AvgIpc) is 2.66. The SMILES string of the molecule is C=C(C)C1CCC(C)(C(=C)C)C2CCCC2C1. The summed E-state index contributed by atoms with van der Waals surface area (Å²) in [5.41, 5.74) is 3.21. The Bertz CT molecular complexity index is 325. The second-order valence-corrected chi connectivity index (χ2v) is 6.81. The zero-order chi connectivity index (χ0) is 12.6. The molecular formula is C17H28. The quantitative estimate of drug-likeness (QED) is 0.562. The van der Waals surface area contributed by atoms with E-state index in [4.69, 9.17) is 0 Å². The molecule has 0 aliphatic heterocycles. The molecule has 2 saturated carbocycles. The van der Waals surface area contributed by atoms with Crippen molar-refractivity contribution in [1.29, 1.82) is 0 Å². The first-order chi connectivity index (χ1) is 7.95. The summed E-state index contributed by atoms with van der Waals surface area (Å²) in [4.78, 5) is 0. The summed E-state index contributed by atoms with van der Waals surface area (Å²) in [6.45, 7) is 15.4. The van der Waals surface area contributed by atoms with Gasteiger partial charge in [-0.2, -0.15) is 0 Å². The molecule has 0 aromatic carbocycles. The van der Waals surface area contributed by atoms with Crippen molar-refractivity contribution in [3.05, 3.63) is 24.3 Å². The highest BCUT2D eigenvalue weighted by Crippen LogP contribution is 2.55. The molecule has 0 amide bonds. The van der Waals surface area contributed by atoms with E-state index in [9.17, 15) is 0 Å². The van der Waals surface area contributed by atoms with Gasteiger partial charge < -0.3 is 0 Å². The van der Waals surface area contributed by atoms with Crippen LogP contribution < -0.4 is 0 Å². The highest BCUT2D eigenvalue weighted by molar-refractivity contribution is 5.13. The molecule has 17 heavy (non-hydrogen) atoms. The minimum absolute atomic E-state index is 0.394. The number of fused-ring (bicyclic) bond motifs is 1. The van der Waals surface area contributed by atoms with Crippen LogP contribution in [0.25, 0.3) is 0 Å². The van der Waals surface area contributed by atoms with Crippen LogP contribution in [0.15, 0.2) is 24.3 Å².